The molecule has 0 bridgehead atoms. The summed E-state index contributed by atoms with van der Waals surface area (Å²) in [4.78, 5) is 12.0. The lowest BCUT2D eigenvalue weighted by Crippen LogP contribution is -2.11. The molecule has 3 N–H and O–H groups in total. The zero-order valence-corrected chi connectivity index (χ0v) is 11.5. The molecular weight excluding hydrogens is 248 g/mol. The van der Waals surface area contributed by atoms with E-state index in [2.05, 4.69) is 40.1 Å². The summed E-state index contributed by atoms with van der Waals surface area (Å²) in [6, 6.07) is 10.2. The van der Waals surface area contributed by atoms with E-state index in [9.17, 15) is 0 Å². The molecule has 1 aromatic carbocycles. The lowest BCUT2D eigenvalue weighted by Gasteiger charge is -2.11. The van der Waals surface area contributed by atoms with Gasteiger partial charge in [0.25, 0.3) is 0 Å². The van der Waals surface area contributed by atoms with Crippen molar-refractivity contribution in [1.82, 2.24) is 15.0 Å². The Kier molecular flexibility index (Phi) is 3.48. The lowest BCUT2D eigenvalue weighted by molar-refractivity contribution is 0.675. The van der Waals surface area contributed by atoms with Gasteiger partial charge in [0.05, 0.1) is 11.0 Å². The van der Waals surface area contributed by atoms with Crippen LogP contribution in [0, 0.1) is 0 Å². The van der Waals surface area contributed by atoms with Crippen molar-refractivity contribution in [1.29, 1.82) is 0 Å². The van der Waals surface area contributed by atoms with Crippen molar-refractivity contribution in [3.05, 3.63) is 48.3 Å². The first-order valence-corrected chi connectivity index (χ1v) is 6.92. The van der Waals surface area contributed by atoms with Crippen molar-refractivity contribution in [2.75, 3.05) is 6.54 Å². The van der Waals surface area contributed by atoms with Crippen LogP contribution in [0.3, 0.4) is 0 Å². The van der Waals surface area contributed by atoms with E-state index in [0.29, 0.717) is 12.5 Å². The fourth-order valence-corrected chi connectivity index (χ4v) is 2.47. The fourth-order valence-electron chi connectivity index (χ4n) is 2.47. The Morgan fingerprint density at radius 3 is 2.70 bits per heavy atom. The third-order valence-electron chi connectivity index (χ3n) is 3.71. The number of pyridine rings is 1. The van der Waals surface area contributed by atoms with E-state index in [4.69, 9.17) is 5.73 Å². The first-order chi connectivity index (χ1) is 9.81. The van der Waals surface area contributed by atoms with E-state index >= 15 is 0 Å². The van der Waals surface area contributed by atoms with E-state index in [1.165, 1.54) is 5.56 Å². The van der Waals surface area contributed by atoms with Gasteiger partial charge in [-0.05, 0) is 48.7 Å². The van der Waals surface area contributed by atoms with Crippen LogP contribution in [0.2, 0.25) is 0 Å². The molecule has 0 aliphatic carbocycles. The number of aromatic nitrogens is 3. The zero-order chi connectivity index (χ0) is 13.9. The van der Waals surface area contributed by atoms with Gasteiger partial charge in [0.1, 0.15) is 5.82 Å². The van der Waals surface area contributed by atoms with E-state index in [0.717, 1.165) is 28.8 Å². The molecule has 4 nitrogen and oxygen atoms in total. The minimum absolute atomic E-state index is 0.409. The Labute approximate surface area is 118 Å². The number of aromatic amines is 1. The fraction of sp³-hybridized carbons (Fsp3) is 0.250. The van der Waals surface area contributed by atoms with Crippen molar-refractivity contribution in [3.8, 4) is 11.4 Å². The summed E-state index contributed by atoms with van der Waals surface area (Å²) in [6.07, 6.45) is 4.60. The predicted molar refractivity (Wildman–Crippen MR) is 81.4 cm³/mol. The Morgan fingerprint density at radius 1 is 1.20 bits per heavy atom. The normalized spacial score (nSPS) is 12.7. The lowest BCUT2D eigenvalue weighted by atomic mass is 9.96. The molecule has 0 spiro atoms. The number of nitrogens with one attached hydrogen (secondary N) is 1. The van der Waals surface area contributed by atoms with Crippen LogP contribution in [0.5, 0.6) is 0 Å². The van der Waals surface area contributed by atoms with Crippen LogP contribution in [0.1, 0.15) is 24.8 Å². The average Bonchev–Trinajstić information content (AvgIpc) is 2.93. The highest BCUT2D eigenvalue weighted by molar-refractivity contribution is 5.80. The van der Waals surface area contributed by atoms with Gasteiger partial charge in [-0.1, -0.05) is 13.0 Å². The SMILES string of the molecule is CCC(CN)c1ccc2nc(-c3ccncc3)[nH]c2c1. The van der Waals surface area contributed by atoms with Crippen molar-refractivity contribution in [2.45, 2.75) is 19.3 Å². The molecule has 0 amide bonds. The zero-order valence-electron chi connectivity index (χ0n) is 11.5. The molecule has 0 aliphatic heterocycles. The maximum atomic E-state index is 5.82. The molecule has 3 rings (SSSR count). The molecule has 102 valence electrons. The molecule has 0 saturated heterocycles. The molecule has 1 atom stereocenters. The van der Waals surface area contributed by atoms with Crippen LogP contribution in [-0.4, -0.2) is 21.5 Å². The molecule has 0 aliphatic rings. The van der Waals surface area contributed by atoms with E-state index < -0.39 is 0 Å². The molecule has 2 aromatic heterocycles. The van der Waals surface area contributed by atoms with Crippen LogP contribution >= 0.6 is 0 Å². The van der Waals surface area contributed by atoms with E-state index in [1.54, 1.807) is 12.4 Å². The largest absolute Gasteiger partial charge is 0.338 e. The number of benzene rings is 1. The second-order valence-corrected chi connectivity index (χ2v) is 4.94. The van der Waals surface area contributed by atoms with Gasteiger partial charge in [-0.25, -0.2) is 4.98 Å². The van der Waals surface area contributed by atoms with Crippen LogP contribution in [0.15, 0.2) is 42.7 Å². The Balaban J connectivity index is 2.04. The number of fused-ring (bicyclic) bond motifs is 1. The third-order valence-corrected chi connectivity index (χ3v) is 3.71. The number of hydrogen-bond acceptors (Lipinski definition) is 3. The Bertz CT molecular complexity index is 699. The molecule has 2 heterocycles. The molecule has 0 fully saturated rings. The molecule has 3 aromatic rings. The Morgan fingerprint density at radius 2 is 2.00 bits per heavy atom. The molecule has 4 heteroatoms. The Hall–Kier alpha value is -2.20. The van der Waals surface area contributed by atoms with E-state index in [-0.39, 0.29) is 0 Å². The second kappa shape index (κ2) is 5.43. The third kappa shape index (κ3) is 2.30. The highest BCUT2D eigenvalue weighted by Gasteiger charge is 2.10. The summed E-state index contributed by atoms with van der Waals surface area (Å²) in [5, 5.41) is 0. The second-order valence-electron chi connectivity index (χ2n) is 4.94. The standard InChI is InChI=1S/C16H18N4/c1-2-11(10-17)13-3-4-14-15(9-13)20-16(19-14)12-5-7-18-8-6-12/h3-9,11H,2,10,17H2,1H3,(H,19,20). The van der Waals surface area contributed by atoms with Gasteiger partial charge in [0.15, 0.2) is 0 Å². The summed E-state index contributed by atoms with van der Waals surface area (Å²) in [5.41, 5.74) is 10.2. The minimum atomic E-state index is 0.409. The van der Waals surface area contributed by atoms with E-state index in [1.807, 2.05) is 12.1 Å². The van der Waals surface area contributed by atoms with Crippen molar-refractivity contribution >= 4 is 11.0 Å². The first-order valence-electron chi connectivity index (χ1n) is 6.92. The van der Waals surface area contributed by atoms with Gasteiger partial charge in [-0.2, -0.15) is 0 Å². The number of H-pyrrole nitrogens is 1. The molecular formula is C16H18N4. The van der Waals surface area contributed by atoms with Gasteiger partial charge in [-0.15, -0.1) is 0 Å². The van der Waals surface area contributed by atoms with Crippen molar-refractivity contribution in [2.24, 2.45) is 5.73 Å². The highest BCUT2D eigenvalue weighted by Crippen LogP contribution is 2.24. The maximum absolute atomic E-state index is 5.82. The molecule has 0 radical (unpaired) electrons. The van der Waals surface area contributed by atoms with Crippen LogP contribution in [-0.2, 0) is 0 Å². The summed E-state index contributed by atoms with van der Waals surface area (Å²) in [5.74, 6) is 1.28. The van der Waals surface area contributed by atoms with Crippen LogP contribution < -0.4 is 5.73 Å². The summed E-state index contributed by atoms with van der Waals surface area (Å²) < 4.78 is 0. The summed E-state index contributed by atoms with van der Waals surface area (Å²) in [7, 11) is 0. The average molecular weight is 266 g/mol. The number of nitrogens with two attached hydrogens (primary N) is 1. The number of hydrogen-bond donors (Lipinski definition) is 2. The number of rotatable bonds is 4. The molecule has 0 saturated carbocycles. The number of nitrogens with zero attached hydrogens (tertiary/aromatic N) is 2. The van der Waals surface area contributed by atoms with Gasteiger partial charge in [0.2, 0.25) is 0 Å². The first kappa shape index (κ1) is 12.8. The topological polar surface area (TPSA) is 67.6 Å². The monoisotopic (exact) mass is 266 g/mol. The highest BCUT2D eigenvalue weighted by atomic mass is 14.9. The summed E-state index contributed by atoms with van der Waals surface area (Å²) in [6.45, 7) is 2.84. The van der Waals surface area contributed by atoms with Crippen molar-refractivity contribution < 1.29 is 0 Å². The van der Waals surface area contributed by atoms with Crippen LogP contribution in [0.25, 0.3) is 22.4 Å². The molecule has 20 heavy (non-hydrogen) atoms. The van der Waals surface area contributed by atoms with Crippen LogP contribution in [0.4, 0.5) is 0 Å². The summed E-state index contributed by atoms with van der Waals surface area (Å²) >= 11 is 0. The minimum Gasteiger partial charge on any atom is -0.338 e. The van der Waals surface area contributed by atoms with Gasteiger partial charge < -0.3 is 10.7 Å². The smallest absolute Gasteiger partial charge is 0.138 e. The van der Waals surface area contributed by atoms with Gasteiger partial charge in [0, 0.05) is 18.0 Å². The maximum Gasteiger partial charge on any atom is 0.138 e. The quantitative estimate of drug-likeness (QED) is 0.762. The van der Waals surface area contributed by atoms with Crippen molar-refractivity contribution in [3.63, 3.8) is 0 Å². The predicted octanol–water partition coefficient (Wildman–Crippen LogP) is 3.08. The van der Waals surface area contributed by atoms with Gasteiger partial charge >= 0.3 is 0 Å². The number of imidazole rings is 1. The molecule has 1 unspecified atom stereocenters. The van der Waals surface area contributed by atoms with Gasteiger partial charge in [-0.3, -0.25) is 4.98 Å².